The minimum atomic E-state index is -0.0858. The highest BCUT2D eigenvalue weighted by molar-refractivity contribution is 5.73. The molecule has 0 saturated carbocycles. The number of carbonyl (C=O) groups is 1. The number of rotatable bonds is 4. The summed E-state index contributed by atoms with van der Waals surface area (Å²) in [7, 11) is 0. The van der Waals surface area contributed by atoms with Crippen LogP contribution in [0.25, 0.3) is 0 Å². The second-order valence-corrected chi connectivity index (χ2v) is 5.56. The maximum absolute atomic E-state index is 11.7. The van der Waals surface area contributed by atoms with E-state index in [4.69, 9.17) is 0 Å². The van der Waals surface area contributed by atoms with Gasteiger partial charge in [0.15, 0.2) is 0 Å². The molecule has 4 N–H and O–H groups in total. The van der Waals surface area contributed by atoms with Crippen molar-refractivity contribution in [1.82, 2.24) is 21.3 Å². The number of urea groups is 1. The Kier molecular flexibility index (Phi) is 4.18. The van der Waals surface area contributed by atoms with E-state index in [2.05, 4.69) is 39.5 Å². The van der Waals surface area contributed by atoms with Gasteiger partial charge in [0.1, 0.15) is 0 Å². The molecule has 1 aromatic carbocycles. The molecule has 5 nitrogen and oxygen atoms in total. The Morgan fingerprint density at radius 1 is 1.25 bits per heavy atom. The third kappa shape index (κ3) is 3.29. The SMILES string of the molecule is O=C(NCc1ccc2c(c1)CNC2)NCC1CCCN1. The summed E-state index contributed by atoms with van der Waals surface area (Å²) in [5.74, 6) is 0. The zero-order valence-electron chi connectivity index (χ0n) is 11.7. The molecule has 1 aromatic rings. The van der Waals surface area contributed by atoms with Crippen LogP contribution in [-0.4, -0.2) is 25.2 Å². The van der Waals surface area contributed by atoms with E-state index >= 15 is 0 Å². The van der Waals surface area contributed by atoms with Gasteiger partial charge in [-0.25, -0.2) is 4.79 Å². The van der Waals surface area contributed by atoms with E-state index in [-0.39, 0.29) is 6.03 Å². The maximum atomic E-state index is 11.7. The predicted molar refractivity (Wildman–Crippen MR) is 78.2 cm³/mol. The van der Waals surface area contributed by atoms with Gasteiger partial charge in [-0.2, -0.15) is 0 Å². The van der Waals surface area contributed by atoms with E-state index < -0.39 is 0 Å². The van der Waals surface area contributed by atoms with Crippen molar-refractivity contribution >= 4 is 6.03 Å². The molecule has 1 atom stereocenters. The highest BCUT2D eigenvalue weighted by Gasteiger charge is 2.14. The van der Waals surface area contributed by atoms with Crippen LogP contribution in [0, 0.1) is 0 Å². The van der Waals surface area contributed by atoms with Crippen LogP contribution in [0.15, 0.2) is 18.2 Å². The lowest BCUT2D eigenvalue weighted by atomic mass is 10.1. The molecular weight excluding hydrogens is 252 g/mol. The number of carbonyl (C=O) groups excluding carboxylic acids is 1. The first kappa shape index (κ1) is 13.4. The summed E-state index contributed by atoms with van der Waals surface area (Å²) in [5, 5.41) is 12.5. The van der Waals surface area contributed by atoms with E-state index in [1.165, 1.54) is 17.5 Å². The van der Waals surface area contributed by atoms with E-state index in [1.54, 1.807) is 0 Å². The molecule has 1 fully saturated rings. The average molecular weight is 274 g/mol. The number of benzene rings is 1. The summed E-state index contributed by atoms with van der Waals surface area (Å²) in [6, 6.07) is 6.76. The fourth-order valence-corrected chi connectivity index (χ4v) is 2.85. The monoisotopic (exact) mass is 274 g/mol. The Balaban J connectivity index is 1.43. The summed E-state index contributed by atoms with van der Waals surface area (Å²) in [6.07, 6.45) is 2.36. The standard InChI is InChI=1S/C15H22N4O/c20-15(19-10-14-2-1-5-17-14)18-7-11-3-4-12-8-16-9-13(12)6-11/h3-4,6,14,16-17H,1-2,5,7-10H2,(H2,18,19,20). The van der Waals surface area contributed by atoms with Crippen LogP contribution < -0.4 is 21.3 Å². The average Bonchev–Trinajstić information content (AvgIpc) is 3.13. The molecule has 1 unspecified atom stereocenters. The molecule has 0 bridgehead atoms. The molecule has 5 heteroatoms. The molecule has 0 spiro atoms. The van der Waals surface area contributed by atoms with Crippen molar-refractivity contribution in [2.24, 2.45) is 0 Å². The molecule has 3 rings (SSSR count). The zero-order chi connectivity index (χ0) is 13.8. The first-order chi connectivity index (χ1) is 9.81. The third-order valence-electron chi connectivity index (χ3n) is 4.03. The molecule has 108 valence electrons. The molecule has 0 aliphatic carbocycles. The fraction of sp³-hybridized carbons (Fsp3) is 0.533. The first-order valence-corrected chi connectivity index (χ1v) is 7.38. The molecule has 2 aliphatic rings. The van der Waals surface area contributed by atoms with Gasteiger partial charge in [-0.3, -0.25) is 0 Å². The number of fused-ring (bicyclic) bond motifs is 1. The Labute approximate surface area is 119 Å². The van der Waals surface area contributed by atoms with Crippen molar-refractivity contribution < 1.29 is 4.79 Å². The van der Waals surface area contributed by atoms with Crippen LogP contribution in [0.3, 0.4) is 0 Å². The van der Waals surface area contributed by atoms with Crippen LogP contribution in [0.5, 0.6) is 0 Å². The Bertz CT molecular complexity index is 483. The summed E-state index contributed by atoms with van der Waals surface area (Å²) in [4.78, 5) is 11.7. The molecule has 0 radical (unpaired) electrons. The minimum Gasteiger partial charge on any atom is -0.337 e. The normalized spacial score (nSPS) is 20.7. The lowest BCUT2D eigenvalue weighted by Crippen LogP contribution is -2.42. The van der Waals surface area contributed by atoms with Crippen LogP contribution in [0.2, 0.25) is 0 Å². The number of nitrogens with one attached hydrogen (secondary N) is 4. The molecule has 20 heavy (non-hydrogen) atoms. The van der Waals surface area contributed by atoms with Crippen molar-refractivity contribution in [2.75, 3.05) is 13.1 Å². The molecular formula is C15H22N4O. The van der Waals surface area contributed by atoms with Crippen LogP contribution in [0.1, 0.15) is 29.5 Å². The van der Waals surface area contributed by atoms with Crippen molar-refractivity contribution in [3.05, 3.63) is 34.9 Å². The highest BCUT2D eigenvalue weighted by atomic mass is 16.2. The van der Waals surface area contributed by atoms with Gasteiger partial charge in [0.05, 0.1) is 0 Å². The van der Waals surface area contributed by atoms with Gasteiger partial charge in [0.25, 0.3) is 0 Å². The minimum absolute atomic E-state index is 0.0858. The first-order valence-electron chi connectivity index (χ1n) is 7.38. The number of hydrogen-bond donors (Lipinski definition) is 4. The van der Waals surface area contributed by atoms with Gasteiger partial charge < -0.3 is 21.3 Å². The topological polar surface area (TPSA) is 65.2 Å². The second kappa shape index (κ2) is 6.24. The second-order valence-electron chi connectivity index (χ2n) is 5.56. The summed E-state index contributed by atoms with van der Waals surface area (Å²) < 4.78 is 0. The van der Waals surface area contributed by atoms with Gasteiger partial charge >= 0.3 is 6.03 Å². The number of amides is 2. The quantitative estimate of drug-likeness (QED) is 0.658. The lowest BCUT2D eigenvalue weighted by Gasteiger charge is -2.12. The maximum Gasteiger partial charge on any atom is 0.315 e. The van der Waals surface area contributed by atoms with E-state index in [0.29, 0.717) is 19.1 Å². The third-order valence-corrected chi connectivity index (χ3v) is 4.03. The Morgan fingerprint density at radius 2 is 2.15 bits per heavy atom. The van der Waals surface area contributed by atoms with Crippen LogP contribution in [-0.2, 0) is 19.6 Å². The largest absolute Gasteiger partial charge is 0.337 e. The van der Waals surface area contributed by atoms with Crippen LogP contribution in [0.4, 0.5) is 4.79 Å². The van der Waals surface area contributed by atoms with Crippen molar-refractivity contribution in [3.8, 4) is 0 Å². The van der Waals surface area contributed by atoms with E-state index in [9.17, 15) is 4.79 Å². The molecule has 0 aromatic heterocycles. The Morgan fingerprint density at radius 3 is 3.00 bits per heavy atom. The smallest absolute Gasteiger partial charge is 0.315 e. The molecule has 2 amide bonds. The Hall–Kier alpha value is -1.59. The van der Waals surface area contributed by atoms with Gasteiger partial charge in [-0.1, -0.05) is 18.2 Å². The van der Waals surface area contributed by atoms with Crippen molar-refractivity contribution in [2.45, 2.75) is 38.5 Å². The summed E-state index contributed by atoms with van der Waals surface area (Å²) in [5.41, 5.74) is 3.87. The van der Waals surface area contributed by atoms with Crippen molar-refractivity contribution in [3.63, 3.8) is 0 Å². The van der Waals surface area contributed by atoms with Gasteiger partial charge in [0, 0.05) is 32.2 Å². The van der Waals surface area contributed by atoms with E-state index in [0.717, 1.165) is 31.6 Å². The predicted octanol–water partition coefficient (Wildman–Crippen LogP) is 0.841. The zero-order valence-corrected chi connectivity index (χ0v) is 11.7. The van der Waals surface area contributed by atoms with Gasteiger partial charge in [0.2, 0.25) is 0 Å². The summed E-state index contributed by atoms with van der Waals surface area (Å²) in [6.45, 7) is 4.24. The van der Waals surface area contributed by atoms with Crippen molar-refractivity contribution in [1.29, 1.82) is 0 Å². The van der Waals surface area contributed by atoms with E-state index in [1.807, 2.05) is 0 Å². The number of hydrogen-bond acceptors (Lipinski definition) is 3. The lowest BCUT2D eigenvalue weighted by molar-refractivity contribution is 0.239. The highest BCUT2D eigenvalue weighted by Crippen LogP contribution is 2.16. The molecule has 2 heterocycles. The van der Waals surface area contributed by atoms with Gasteiger partial charge in [-0.15, -0.1) is 0 Å². The summed E-state index contributed by atoms with van der Waals surface area (Å²) >= 11 is 0. The van der Waals surface area contributed by atoms with Gasteiger partial charge in [-0.05, 0) is 36.1 Å². The van der Waals surface area contributed by atoms with Crippen LogP contribution >= 0.6 is 0 Å². The molecule has 1 saturated heterocycles. The fourth-order valence-electron chi connectivity index (χ4n) is 2.85. The molecule has 2 aliphatic heterocycles.